The van der Waals surface area contributed by atoms with Crippen LogP contribution in [0, 0.1) is 0 Å². The Bertz CT molecular complexity index is 708. The molecule has 0 spiro atoms. The fourth-order valence-electron chi connectivity index (χ4n) is 4.16. The van der Waals surface area contributed by atoms with Crippen molar-refractivity contribution in [2.24, 2.45) is 0 Å². The SMILES string of the molecule is OC1[C@H](O[C@@H]2C3CO[C@H](O3)C(O)[C@H]2O)O[C@H]2COC(c3ccccc3)O[C@H]2[C@@H]1O.[B]C. The smallest absolute Gasteiger partial charge is 0.187 e. The molecule has 4 aliphatic heterocycles. The zero-order valence-electron chi connectivity index (χ0n) is 17.0. The van der Waals surface area contributed by atoms with Gasteiger partial charge in [0.15, 0.2) is 18.9 Å². The Kier molecular flexibility index (Phi) is 7.29. The second-order valence-corrected chi connectivity index (χ2v) is 7.66. The highest BCUT2D eigenvalue weighted by molar-refractivity contribution is 6.05. The van der Waals surface area contributed by atoms with Crippen molar-refractivity contribution in [1.82, 2.24) is 0 Å². The fourth-order valence-corrected chi connectivity index (χ4v) is 4.16. The summed E-state index contributed by atoms with van der Waals surface area (Å²) in [7, 11) is 4.50. The Morgan fingerprint density at radius 2 is 1.52 bits per heavy atom. The lowest BCUT2D eigenvalue weighted by molar-refractivity contribution is -0.376. The molecule has 4 unspecified atom stereocenters. The van der Waals surface area contributed by atoms with Crippen molar-refractivity contribution < 1.29 is 48.8 Å². The molecule has 5 rings (SSSR count). The summed E-state index contributed by atoms with van der Waals surface area (Å²) in [5.74, 6) is 0. The molecule has 11 heteroatoms. The molecule has 0 aromatic heterocycles. The van der Waals surface area contributed by atoms with Crippen LogP contribution in [0.4, 0.5) is 0 Å². The molecule has 4 N–H and O–H groups in total. The highest BCUT2D eigenvalue weighted by Gasteiger charge is 2.54. The second kappa shape index (κ2) is 9.80. The van der Waals surface area contributed by atoms with Gasteiger partial charge in [0.25, 0.3) is 0 Å². The highest BCUT2D eigenvalue weighted by Crippen LogP contribution is 2.36. The van der Waals surface area contributed by atoms with Crippen molar-refractivity contribution in [3.05, 3.63) is 35.9 Å². The van der Waals surface area contributed by atoms with Crippen LogP contribution in [0.2, 0.25) is 6.82 Å². The molecule has 0 aliphatic carbocycles. The first-order chi connectivity index (χ1) is 15.0. The van der Waals surface area contributed by atoms with E-state index in [1.54, 1.807) is 0 Å². The molecule has 4 heterocycles. The second-order valence-electron chi connectivity index (χ2n) is 7.66. The number of rotatable bonds is 3. The summed E-state index contributed by atoms with van der Waals surface area (Å²) in [6.45, 7) is 1.75. The van der Waals surface area contributed by atoms with Gasteiger partial charge in [-0.3, -0.25) is 0 Å². The van der Waals surface area contributed by atoms with Crippen LogP contribution in [0.15, 0.2) is 30.3 Å². The largest absolute Gasteiger partial charge is 0.387 e. The van der Waals surface area contributed by atoms with Gasteiger partial charge in [0.2, 0.25) is 0 Å². The van der Waals surface area contributed by atoms with Gasteiger partial charge < -0.3 is 48.8 Å². The third kappa shape index (κ3) is 4.40. The molecule has 4 fully saturated rings. The maximum Gasteiger partial charge on any atom is 0.187 e. The normalized spacial score (nSPS) is 46.5. The monoisotopic (exact) mass is 438 g/mol. The van der Waals surface area contributed by atoms with Gasteiger partial charge in [-0.2, -0.15) is 0 Å². The van der Waals surface area contributed by atoms with Gasteiger partial charge in [-0.25, -0.2) is 0 Å². The zero-order chi connectivity index (χ0) is 22.1. The molecule has 10 nitrogen and oxygen atoms in total. The van der Waals surface area contributed by atoms with Crippen LogP contribution in [0.5, 0.6) is 0 Å². The maximum atomic E-state index is 10.6. The van der Waals surface area contributed by atoms with Crippen LogP contribution in [0.1, 0.15) is 11.9 Å². The van der Waals surface area contributed by atoms with Gasteiger partial charge >= 0.3 is 0 Å². The van der Waals surface area contributed by atoms with Crippen LogP contribution >= 0.6 is 0 Å². The van der Waals surface area contributed by atoms with Gasteiger partial charge in [0.05, 0.1) is 21.1 Å². The minimum atomic E-state index is -1.44. The molecule has 11 atom stereocenters. The van der Waals surface area contributed by atoms with Gasteiger partial charge in [0, 0.05) is 5.56 Å². The number of fused-ring (bicyclic) bond motifs is 3. The van der Waals surface area contributed by atoms with Crippen LogP contribution in [-0.4, -0.2) is 103 Å². The van der Waals surface area contributed by atoms with Crippen molar-refractivity contribution in [3.8, 4) is 0 Å². The highest BCUT2D eigenvalue weighted by atomic mass is 16.8. The van der Waals surface area contributed by atoms with E-state index in [1.807, 2.05) is 30.3 Å². The van der Waals surface area contributed by atoms with Gasteiger partial charge in [0.1, 0.15) is 48.8 Å². The van der Waals surface area contributed by atoms with Crippen molar-refractivity contribution in [3.63, 3.8) is 0 Å². The Labute approximate surface area is 181 Å². The third-order valence-corrected chi connectivity index (χ3v) is 5.76. The summed E-state index contributed by atoms with van der Waals surface area (Å²) in [6.07, 6.45) is -11.3. The first-order valence-corrected chi connectivity index (χ1v) is 10.2. The van der Waals surface area contributed by atoms with Crippen LogP contribution in [0.25, 0.3) is 0 Å². The van der Waals surface area contributed by atoms with E-state index in [1.165, 1.54) is 6.82 Å². The lowest BCUT2D eigenvalue weighted by atomic mass is 9.97. The molecule has 1 aromatic rings. The summed E-state index contributed by atoms with van der Waals surface area (Å²) in [5.41, 5.74) is 0.790. The fraction of sp³-hybridized carbons (Fsp3) is 0.700. The lowest BCUT2D eigenvalue weighted by Crippen LogP contribution is -2.64. The zero-order valence-corrected chi connectivity index (χ0v) is 17.0. The summed E-state index contributed by atoms with van der Waals surface area (Å²) >= 11 is 0. The molecule has 1 aromatic carbocycles. The molecule has 2 bridgehead atoms. The minimum absolute atomic E-state index is 0.120. The van der Waals surface area contributed by atoms with E-state index in [-0.39, 0.29) is 13.2 Å². The summed E-state index contributed by atoms with van der Waals surface area (Å²) < 4.78 is 33.8. The van der Waals surface area contributed by atoms with E-state index < -0.39 is 67.7 Å². The predicted octanol–water partition coefficient (Wildman–Crippen LogP) is -1.39. The van der Waals surface area contributed by atoms with E-state index in [0.717, 1.165) is 5.56 Å². The van der Waals surface area contributed by atoms with E-state index in [0.29, 0.717) is 0 Å². The molecule has 4 saturated heterocycles. The molecular weight excluding hydrogens is 411 g/mol. The number of hydrogen-bond acceptors (Lipinski definition) is 10. The predicted molar refractivity (Wildman–Crippen MR) is 104 cm³/mol. The lowest BCUT2D eigenvalue weighted by Gasteiger charge is -2.47. The minimum Gasteiger partial charge on any atom is -0.387 e. The Balaban J connectivity index is 0.00000112. The Morgan fingerprint density at radius 3 is 2.26 bits per heavy atom. The molecular formula is C20H27BO10. The van der Waals surface area contributed by atoms with Crippen molar-refractivity contribution in [2.45, 2.75) is 74.5 Å². The molecule has 2 radical (unpaired) electrons. The molecule has 170 valence electrons. The average Bonchev–Trinajstić information content (AvgIpc) is 3.27. The topological polar surface area (TPSA) is 136 Å². The van der Waals surface area contributed by atoms with Gasteiger partial charge in [-0.05, 0) is 0 Å². The molecule has 0 amide bonds. The quantitative estimate of drug-likeness (QED) is 0.418. The number of hydrogen-bond donors (Lipinski definition) is 4. The summed E-state index contributed by atoms with van der Waals surface area (Å²) in [5, 5.41) is 41.5. The molecule has 31 heavy (non-hydrogen) atoms. The number of aliphatic hydroxyl groups excluding tert-OH is 4. The van der Waals surface area contributed by atoms with E-state index in [9.17, 15) is 20.4 Å². The van der Waals surface area contributed by atoms with Gasteiger partial charge in [-0.1, -0.05) is 37.2 Å². The van der Waals surface area contributed by atoms with Crippen LogP contribution in [-0.2, 0) is 28.4 Å². The Morgan fingerprint density at radius 1 is 0.806 bits per heavy atom. The van der Waals surface area contributed by atoms with Crippen molar-refractivity contribution >= 4 is 7.85 Å². The first kappa shape index (κ1) is 23.1. The van der Waals surface area contributed by atoms with E-state index in [4.69, 9.17) is 28.4 Å². The first-order valence-electron chi connectivity index (χ1n) is 10.2. The average molecular weight is 438 g/mol. The summed E-state index contributed by atoms with van der Waals surface area (Å²) in [4.78, 5) is 0. The maximum absolute atomic E-state index is 10.6. The third-order valence-electron chi connectivity index (χ3n) is 5.76. The summed E-state index contributed by atoms with van der Waals surface area (Å²) in [6, 6.07) is 9.26. The number of aliphatic hydroxyl groups is 4. The molecule has 0 saturated carbocycles. The molecule has 4 aliphatic rings. The number of benzene rings is 1. The van der Waals surface area contributed by atoms with Crippen molar-refractivity contribution in [2.75, 3.05) is 13.2 Å². The Hall–Kier alpha value is -1.12. The van der Waals surface area contributed by atoms with Crippen LogP contribution in [0.3, 0.4) is 0 Å². The van der Waals surface area contributed by atoms with E-state index in [2.05, 4.69) is 7.85 Å². The van der Waals surface area contributed by atoms with Crippen molar-refractivity contribution in [1.29, 1.82) is 0 Å². The number of ether oxygens (including phenoxy) is 6. The van der Waals surface area contributed by atoms with E-state index >= 15 is 0 Å². The van der Waals surface area contributed by atoms with Gasteiger partial charge in [-0.15, -0.1) is 0 Å². The standard InChI is InChI=1S/C19H24O10.CH3B/c20-11-13(22)18-25-7-9(26-18)16(11)29-19-14(23)12(21)15-10(27-19)6-24-17(28-15)8-4-2-1-3-5-8;1-2/h1-5,9-23H,6-7H2;1H3/t9?,10-,11+,12+,13?,14?,15+,16+,17?,18+,19-;/m0./s1. The van der Waals surface area contributed by atoms with Crippen LogP contribution < -0.4 is 0 Å².